The highest BCUT2D eigenvalue weighted by Crippen LogP contribution is 2.28. The van der Waals surface area contributed by atoms with Crippen LogP contribution in [0.5, 0.6) is 0 Å². The van der Waals surface area contributed by atoms with Gasteiger partial charge in [-0.25, -0.2) is 8.42 Å². The Kier molecular flexibility index (Phi) is 7.91. The molecule has 0 N–H and O–H groups in total. The van der Waals surface area contributed by atoms with Crippen molar-refractivity contribution in [3.05, 3.63) is 24.3 Å². The summed E-state index contributed by atoms with van der Waals surface area (Å²) in [5.41, 5.74) is 0.625. The van der Waals surface area contributed by atoms with Gasteiger partial charge in [0.2, 0.25) is 21.8 Å². The molecule has 0 spiro atoms. The van der Waals surface area contributed by atoms with Gasteiger partial charge in [0.1, 0.15) is 0 Å². The second-order valence-corrected chi connectivity index (χ2v) is 11.2. The number of amides is 2. The average Bonchev–Trinajstić information content (AvgIpc) is 3.49. The van der Waals surface area contributed by atoms with Crippen molar-refractivity contribution in [1.29, 1.82) is 0 Å². The Bertz CT molecular complexity index is 966. The van der Waals surface area contributed by atoms with Gasteiger partial charge in [-0.2, -0.15) is 4.31 Å². The standard InChI is InChI=1S/C24H36N4O5S/c1-3-27(4-2)34(31,32)22-9-7-20(8-10-22)28-17-19(16-23(28)29)24(30)26-13-11-25(12-14-26)18-21-6-5-15-33-21/h7-10,19,21H,3-6,11-18H2,1-2H3/t19-,21+/m0/s1. The highest BCUT2D eigenvalue weighted by Gasteiger charge is 2.38. The molecule has 9 nitrogen and oxygen atoms in total. The van der Waals surface area contributed by atoms with Gasteiger partial charge in [-0.1, -0.05) is 13.8 Å². The van der Waals surface area contributed by atoms with Crippen LogP contribution in [0, 0.1) is 5.92 Å². The van der Waals surface area contributed by atoms with Crippen molar-refractivity contribution < 1.29 is 22.7 Å². The lowest BCUT2D eigenvalue weighted by Gasteiger charge is -2.36. The Labute approximate surface area is 202 Å². The first-order valence-electron chi connectivity index (χ1n) is 12.4. The first-order chi connectivity index (χ1) is 16.3. The molecule has 3 heterocycles. The minimum atomic E-state index is -3.55. The lowest BCUT2D eigenvalue weighted by molar-refractivity contribution is -0.137. The Morgan fingerprint density at radius 3 is 2.35 bits per heavy atom. The number of carbonyl (C=O) groups excluding carboxylic acids is 2. The lowest BCUT2D eigenvalue weighted by Crippen LogP contribution is -2.52. The maximum absolute atomic E-state index is 13.1. The zero-order valence-electron chi connectivity index (χ0n) is 20.2. The molecular formula is C24H36N4O5S. The first-order valence-corrected chi connectivity index (χ1v) is 13.8. The summed E-state index contributed by atoms with van der Waals surface area (Å²) in [6.45, 7) is 9.53. The fourth-order valence-corrected chi connectivity index (χ4v) is 6.58. The number of carbonyl (C=O) groups is 2. The van der Waals surface area contributed by atoms with Crippen molar-refractivity contribution in [2.45, 2.75) is 44.1 Å². The third-order valence-corrected chi connectivity index (χ3v) is 9.20. The van der Waals surface area contributed by atoms with Gasteiger partial charge in [-0.15, -0.1) is 0 Å². The molecule has 3 saturated heterocycles. The SMILES string of the molecule is CCN(CC)S(=O)(=O)c1ccc(N2C[C@@H](C(=O)N3CCN(C[C@H]4CCCO4)CC3)CC2=O)cc1. The summed E-state index contributed by atoms with van der Waals surface area (Å²) in [7, 11) is -3.55. The van der Waals surface area contributed by atoms with E-state index in [4.69, 9.17) is 4.74 Å². The van der Waals surface area contributed by atoms with E-state index in [-0.39, 0.29) is 29.0 Å². The summed E-state index contributed by atoms with van der Waals surface area (Å²) < 4.78 is 32.6. The van der Waals surface area contributed by atoms with E-state index < -0.39 is 10.0 Å². The highest BCUT2D eigenvalue weighted by atomic mass is 32.2. The molecule has 4 rings (SSSR count). The topological polar surface area (TPSA) is 90.5 Å². The van der Waals surface area contributed by atoms with Crippen molar-refractivity contribution in [3.63, 3.8) is 0 Å². The molecule has 2 atom stereocenters. The molecule has 3 aliphatic rings. The Hall–Kier alpha value is -2.01. The number of hydrogen-bond acceptors (Lipinski definition) is 6. The number of ether oxygens (including phenoxy) is 1. The second kappa shape index (κ2) is 10.7. The van der Waals surface area contributed by atoms with Crippen LogP contribution < -0.4 is 4.90 Å². The minimum absolute atomic E-state index is 0.0355. The van der Waals surface area contributed by atoms with Crippen LogP contribution in [-0.2, 0) is 24.3 Å². The molecule has 3 aliphatic heterocycles. The summed E-state index contributed by atoms with van der Waals surface area (Å²) in [5.74, 6) is -0.431. The predicted octanol–water partition coefficient (Wildman–Crippen LogP) is 1.39. The van der Waals surface area contributed by atoms with Crippen LogP contribution in [0.2, 0.25) is 0 Å². The summed E-state index contributed by atoms with van der Waals surface area (Å²) in [6.07, 6.45) is 2.75. The molecule has 0 aromatic heterocycles. The quantitative estimate of drug-likeness (QED) is 0.545. The van der Waals surface area contributed by atoms with Crippen LogP contribution in [0.4, 0.5) is 5.69 Å². The lowest BCUT2D eigenvalue weighted by atomic mass is 10.1. The fourth-order valence-electron chi connectivity index (χ4n) is 5.12. The molecule has 34 heavy (non-hydrogen) atoms. The molecule has 0 bridgehead atoms. The number of benzene rings is 1. The second-order valence-electron chi connectivity index (χ2n) is 9.25. The normalized spacial score (nSPS) is 24.4. The van der Waals surface area contributed by atoms with E-state index in [0.717, 1.165) is 39.1 Å². The number of anilines is 1. The van der Waals surface area contributed by atoms with E-state index >= 15 is 0 Å². The Balaban J connectivity index is 1.33. The summed E-state index contributed by atoms with van der Waals surface area (Å²) in [4.78, 5) is 31.9. The molecule has 0 saturated carbocycles. The third-order valence-electron chi connectivity index (χ3n) is 7.14. The van der Waals surface area contributed by atoms with Gasteiger partial charge < -0.3 is 14.5 Å². The van der Waals surface area contributed by atoms with E-state index in [1.54, 1.807) is 43.0 Å². The van der Waals surface area contributed by atoms with Gasteiger partial charge in [-0.05, 0) is 37.1 Å². The van der Waals surface area contributed by atoms with Crippen molar-refractivity contribution in [2.75, 3.05) is 63.9 Å². The first kappa shape index (κ1) is 25.1. The molecule has 3 fully saturated rings. The van der Waals surface area contributed by atoms with Gasteiger partial charge in [0.05, 0.1) is 16.9 Å². The van der Waals surface area contributed by atoms with Gasteiger partial charge >= 0.3 is 0 Å². The zero-order valence-corrected chi connectivity index (χ0v) is 21.0. The van der Waals surface area contributed by atoms with E-state index in [1.807, 2.05) is 4.90 Å². The largest absolute Gasteiger partial charge is 0.377 e. The summed E-state index contributed by atoms with van der Waals surface area (Å²) >= 11 is 0. The number of rotatable bonds is 8. The predicted molar refractivity (Wildman–Crippen MR) is 129 cm³/mol. The third kappa shape index (κ3) is 5.30. The molecule has 1 aromatic carbocycles. The minimum Gasteiger partial charge on any atom is -0.377 e. The van der Waals surface area contributed by atoms with Gasteiger partial charge in [0.15, 0.2) is 0 Å². The number of sulfonamides is 1. The van der Waals surface area contributed by atoms with Crippen molar-refractivity contribution in [3.8, 4) is 0 Å². The molecule has 2 amide bonds. The van der Waals surface area contributed by atoms with Crippen LogP contribution in [0.1, 0.15) is 33.1 Å². The molecule has 10 heteroatoms. The average molecular weight is 493 g/mol. The van der Waals surface area contributed by atoms with E-state index in [9.17, 15) is 18.0 Å². The van der Waals surface area contributed by atoms with Crippen molar-refractivity contribution in [2.24, 2.45) is 5.92 Å². The van der Waals surface area contributed by atoms with Gasteiger partial charge in [0, 0.05) is 71.1 Å². The van der Waals surface area contributed by atoms with Crippen LogP contribution >= 0.6 is 0 Å². The Morgan fingerprint density at radius 2 is 1.76 bits per heavy atom. The van der Waals surface area contributed by atoms with E-state index in [1.165, 1.54) is 4.31 Å². The molecule has 0 radical (unpaired) electrons. The van der Waals surface area contributed by atoms with Crippen LogP contribution in [-0.4, -0.2) is 99.4 Å². The van der Waals surface area contributed by atoms with Crippen molar-refractivity contribution in [1.82, 2.24) is 14.1 Å². The maximum Gasteiger partial charge on any atom is 0.243 e. The molecule has 0 unspecified atom stereocenters. The molecule has 0 aliphatic carbocycles. The highest BCUT2D eigenvalue weighted by molar-refractivity contribution is 7.89. The van der Waals surface area contributed by atoms with E-state index in [0.29, 0.717) is 44.5 Å². The smallest absolute Gasteiger partial charge is 0.243 e. The van der Waals surface area contributed by atoms with Gasteiger partial charge in [0.25, 0.3) is 0 Å². The maximum atomic E-state index is 13.1. The number of nitrogens with zero attached hydrogens (tertiary/aromatic N) is 4. The number of hydrogen-bond donors (Lipinski definition) is 0. The number of piperazine rings is 1. The van der Waals surface area contributed by atoms with Crippen molar-refractivity contribution >= 4 is 27.5 Å². The monoisotopic (exact) mass is 492 g/mol. The molecular weight excluding hydrogens is 456 g/mol. The summed E-state index contributed by atoms with van der Waals surface area (Å²) in [6, 6.07) is 6.40. The van der Waals surface area contributed by atoms with Crippen LogP contribution in [0.3, 0.4) is 0 Å². The Morgan fingerprint density at radius 1 is 1.09 bits per heavy atom. The van der Waals surface area contributed by atoms with Crippen LogP contribution in [0.25, 0.3) is 0 Å². The van der Waals surface area contributed by atoms with Gasteiger partial charge in [-0.3, -0.25) is 14.5 Å². The fraction of sp³-hybridized carbons (Fsp3) is 0.667. The summed E-state index contributed by atoms with van der Waals surface area (Å²) in [5, 5.41) is 0. The van der Waals surface area contributed by atoms with Crippen LogP contribution in [0.15, 0.2) is 29.2 Å². The zero-order chi connectivity index (χ0) is 24.3. The van der Waals surface area contributed by atoms with E-state index in [2.05, 4.69) is 4.90 Å². The molecule has 1 aromatic rings. The molecule has 188 valence electrons.